The first-order chi connectivity index (χ1) is 9.01. The van der Waals surface area contributed by atoms with Crippen molar-refractivity contribution in [3.8, 4) is 17.6 Å². The van der Waals surface area contributed by atoms with Crippen molar-refractivity contribution in [2.45, 2.75) is 13.8 Å². The maximum atomic E-state index is 13.7. The molecule has 0 atom stereocenters. The van der Waals surface area contributed by atoms with Crippen LogP contribution in [0.15, 0.2) is 30.3 Å². The number of nitrogens with zero attached hydrogens (tertiary/aromatic N) is 1. The van der Waals surface area contributed by atoms with Crippen molar-refractivity contribution >= 4 is 5.69 Å². The van der Waals surface area contributed by atoms with Crippen molar-refractivity contribution in [3.63, 3.8) is 0 Å². The van der Waals surface area contributed by atoms with Gasteiger partial charge in [0.15, 0.2) is 11.6 Å². The van der Waals surface area contributed by atoms with Gasteiger partial charge in [0.05, 0.1) is 11.6 Å². The van der Waals surface area contributed by atoms with Crippen LogP contribution in [0.1, 0.15) is 16.7 Å². The minimum Gasteiger partial charge on any atom is -0.454 e. The fraction of sp³-hybridized carbons (Fsp3) is 0.133. The van der Waals surface area contributed by atoms with Crippen LogP contribution in [-0.2, 0) is 0 Å². The molecule has 2 N–H and O–H groups in total. The Balaban J connectivity index is 2.34. The van der Waals surface area contributed by atoms with Crippen molar-refractivity contribution < 1.29 is 9.13 Å². The summed E-state index contributed by atoms with van der Waals surface area (Å²) in [4.78, 5) is 0. The van der Waals surface area contributed by atoms with Crippen LogP contribution in [-0.4, -0.2) is 0 Å². The summed E-state index contributed by atoms with van der Waals surface area (Å²) in [6.07, 6.45) is 0. The lowest BCUT2D eigenvalue weighted by Crippen LogP contribution is -1.95. The molecule has 0 aromatic heterocycles. The summed E-state index contributed by atoms with van der Waals surface area (Å²) in [6, 6.07) is 9.84. The molecular weight excluding hydrogens is 243 g/mol. The van der Waals surface area contributed by atoms with E-state index in [1.165, 1.54) is 6.07 Å². The molecule has 2 rings (SSSR count). The first kappa shape index (κ1) is 12.9. The maximum Gasteiger partial charge on any atom is 0.167 e. The normalized spacial score (nSPS) is 10.0. The summed E-state index contributed by atoms with van der Waals surface area (Å²) in [5.74, 6) is 0.0977. The summed E-state index contributed by atoms with van der Waals surface area (Å²) in [6.45, 7) is 3.58. The van der Waals surface area contributed by atoms with E-state index in [4.69, 9.17) is 15.7 Å². The van der Waals surface area contributed by atoms with E-state index in [0.29, 0.717) is 17.0 Å². The smallest absolute Gasteiger partial charge is 0.167 e. The second-order valence-electron chi connectivity index (χ2n) is 4.33. The third-order valence-electron chi connectivity index (χ3n) is 2.87. The molecule has 0 radical (unpaired) electrons. The van der Waals surface area contributed by atoms with Gasteiger partial charge in [0.2, 0.25) is 0 Å². The van der Waals surface area contributed by atoms with Crippen LogP contribution >= 0.6 is 0 Å². The zero-order valence-electron chi connectivity index (χ0n) is 10.7. The Labute approximate surface area is 111 Å². The molecule has 0 saturated carbocycles. The fourth-order valence-electron chi connectivity index (χ4n) is 1.70. The number of aryl methyl sites for hydroxylation is 2. The molecular formula is C15H13FN2O. The molecule has 96 valence electrons. The van der Waals surface area contributed by atoms with Gasteiger partial charge in [-0.25, -0.2) is 4.39 Å². The number of nitrogen functional groups attached to an aromatic ring is 1. The minimum atomic E-state index is -0.509. The zero-order valence-corrected chi connectivity index (χ0v) is 10.7. The van der Waals surface area contributed by atoms with Crippen LogP contribution < -0.4 is 10.5 Å². The molecule has 0 amide bonds. The maximum absolute atomic E-state index is 13.7. The number of anilines is 1. The second-order valence-corrected chi connectivity index (χ2v) is 4.33. The molecule has 0 fully saturated rings. The van der Waals surface area contributed by atoms with E-state index in [2.05, 4.69) is 6.07 Å². The van der Waals surface area contributed by atoms with Crippen molar-refractivity contribution in [1.82, 2.24) is 0 Å². The first-order valence-electron chi connectivity index (χ1n) is 5.75. The highest BCUT2D eigenvalue weighted by Gasteiger charge is 2.08. The van der Waals surface area contributed by atoms with E-state index in [1.807, 2.05) is 0 Å². The van der Waals surface area contributed by atoms with Gasteiger partial charge < -0.3 is 10.5 Å². The molecule has 2 aromatic rings. The Morgan fingerprint density at radius 3 is 2.53 bits per heavy atom. The first-order valence-corrected chi connectivity index (χ1v) is 5.75. The number of nitriles is 1. The molecule has 0 unspecified atom stereocenters. The van der Waals surface area contributed by atoms with Gasteiger partial charge in [-0.3, -0.25) is 0 Å². The van der Waals surface area contributed by atoms with Crippen LogP contribution in [0.2, 0.25) is 0 Å². The number of nitrogens with two attached hydrogens (primary N) is 1. The average Bonchev–Trinajstić information content (AvgIpc) is 2.36. The third-order valence-corrected chi connectivity index (χ3v) is 2.87. The van der Waals surface area contributed by atoms with Gasteiger partial charge in [-0.15, -0.1) is 0 Å². The van der Waals surface area contributed by atoms with Crippen LogP contribution in [0.4, 0.5) is 10.1 Å². The standard InChI is InChI=1S/C15H13FN2O/c1-9-5-12(4-3-11(9)8-17)19-15-6-10(2)14(18)7-13(15)16/h3-7H,18H2,1-2H3. The lowest BCUT2D eigenvalue weighted by atomic mass is 10.1. The monoisotopic (exact) mass is 256 g/mol. The van der Waals surface area contributed by atoms with E-state index in [1.54, 1.807) is 38.1 Å². The van der Waals surface area contributed by atoms with E-state index < -0.39 is 5.82 Å². The summed E-state index contributed by atoms with van der Waals surface area (Å²) in [5.41, 5.74) is 8.11. The van der Waals surface area contributed by atoms with Crippen molar-refractivity contribution in [2.75, 3.05) is 5.73 Å². The molecule has 4 heteroatoms. The Kier molecular flexibility index (Phi) is 3.39. The number of halogens is 1. The largest absolute Gasteiger partial charge is 0.454 e. The van der Waals surface area contributed by atoms with Crippen LogP contribution in [0.3, 0.4) is 0 Å². The highest BCUT2D eigenvalue weighted by atomic mass is 19.1. The lowest BCUT2D eigenvalue weighted by molar-refractivity contribution is 0.442. The van der Waals surface area contributed by atoms with E-state index >= 15 is 0 Å². The van der Waals surface area contributed by atoms with Gasteiger partial charge in [0.25, 0.3) is 0 Å². The molecule has 0 aliphatic heterocycles. The van der Waals surface area contributed by atoms with Crippen molar-refractivity contribution in [3.05, 3.63) is 52.8 Å². The summed E-state index contributed by atoms with van der Waals surface area (Å²) < 4.78 is 19.2. The topological polar surface area (TPSA) is 59.0 Å². The Morgan fingerprint density at radius 2 is 1.89 bits per heavy atom. The van der Waals surface area contributed by atoms with E-state index in [0.717, 1.165) is 11.1 Å². The summed E-state index contributed by atoms with van der Waals surface area (Å²) in [7, 11) is 0. The van der Waals surface area contributed by atoms with Gasteiger partial charge in [0.1, 0.15) is 5.75 Å². The van der Waals surface area contributed by atoms with Gasteiger partial charge >= 0.3 is 0 Å². The van der Waals surface area contributed by atoms with E-state index in [9.17, 15) is 4.39 Å². The number of rotatable bonds is 2. The van der Waals surface area contributed by atoms with E-state index in [-0.39, 0.29) is 5.75 Å². The molecule has 19 heavy (non-hydrogen) atoms. The summed E-state index contributed by atoms with van der Waals surface area (Å²) in [5, 5.41) is 8.85. The van der Waals surface area contributed by atoms with Crippen molar-refractivity contribution in [2.24, 2.45) is 0 Å². The van der Waals surface area contributed by atoms with Crippen LogP contribution in [0.5, 0.6) is 11.5 Å². The molecule has 0 saturated heterocycles. The second kappa shape index (κ2) is 4.99. The van der Waals surface area contributed by atoms with Gasteiger partial charge in [-0.2, -0.15) is 5.26 Å². The molecule has 0 heterocycles. The lowest BCUT2D eigenvalue weighted by Gasteiger charge is -2.10. The molecule has 0 aliphatic carbocycles. The Morgan fingerprint density at radius 1 is 1.16 bits per heavy atom. The minimum absolute atomic E-state index is 0.121. The predicted octanol–water partition coefficient (Wildman–Crippen LogP) is 3.69. The zero-order chi connectivity index (χ0) is 14.0. The fourth-order valence-corrected chi connectivity index (χ4v) is 1.70. The van der Waals surface area contributed by atoms with Gasteiger partial charge in [0, 0.05) is 11.8 Å². The van der Waals surface area contributed by atoms with Crippen LogP contribution in [0, 0.1) is 31.0 Å². The molecule has 3 nitrogen and oxygen atoms in total. The number of hydrogen-bond donors (Lipinski definition) is 1. The number of benzene rings is 2. The SMILES string of the molecule is Cc1cc(Oc2ccc(C#N)c(C)c2)c(F)cc1N. The summed E-state index contributed by atoms with van der Waals surface area (Å²) >= 11 is 0. The number of ether oxygens (including phenoxy) is 1. The third kappa shape index (κ3) is 2.66. The Hall–Kier alpha value is -2.54. The van der Waals surface area contributed by atoms with Gasteiger partial charge in [-0.05, 0) is 49.2 Å². The number of hydrogen-bond acceptors (Lipinski definition) is 3. The Bertz CT molecular complexity index is 675. The quantitative estimate of drug-likeness (QED) is 0.833. The molecule has 2 aromatic carbocycles. The molecule has 0 bridgehead atoms. The highest BCUT2D eigenvalue weighted by Crippen LogP contribution is 2.29. The molecule has 0 spiro atoms. The molecule has 0 aliphatic rings. The average molecular weight is 256 g/mol. The van der Waals surface area contributed by atoms with Gasteiger partial charge in [-0.1, -0.05) is 0 Å². The van der Waals surface area contributed by atoms with Crippen molar-refractivity contribution in [1.29, 1.82) is 5.26 Å². The predicted molar refractivity (Wildman–Crippen MR) is 71.5 cm³/mol. The highest BCUT2D eigenvalue weighted by molar-refractivity contribution is 5.51. The van der Waals surface area contributed by atoms with Crippen LogP contribution in [0.25, 0.3) is 0 Å².